The van der Waals surface area contributed by atoms with Crippen LogP contribution < -0.4 is 0 Å². The molecule has 0 fully saturated rings. The van der Waals surface area contributed by atoms with Gasteiger partial charge in [0.15, 0.2) is 5.01 Å². The summed E-state index contributed by atoms with van der Waals surface area (Å²) in [5.74, 6) is 0. The van der Waals surface area contributed by atoms with Gasteiger partial charge in [-0.05, 0) is 11.5 Å². The van der Waals surface area contributed by atoms with Gasteiger partial charge in [0.1, 0.15) is 6.33 Å². The first-order valence-corrected chi connectivity index (χ1v) is 3.85. The Hall–Kier alpha value is 0.430. The van der Waals surface area contributed by atoms with E-state index in [9.17, 15) is 0 Å². The van der Waals surface area contributed by atoms with Crippen LogP contribution in [-0.4, -0.2) is 9.36 Å². The Bertz CT molecular complexity index is 179. The Balaban J connectivity index is 2.90. The van der Waals surface area contributed by atoms with E-state index < -0.39 is 3.79 Å². The van der Waals surface area contributed by atoms with Crippen molar-refractivity contribution < 1.29 is 0 Å². The summed E-state index contributed by atoms with van der Waals surface area (Å²) in [5, 5.41) is 0.396. The third-order valence-corrected chi connectivity index (χ3v) is 2.26. The number of nitrogens with zero attached hydrogens (tertiary/aromatic N) is 2. The molecule has 2 nitrogen and oxygen atoms in total. The van der Waals surface area contributed by atoms with Crippen LogP contribution in [0.2, 0.25) is 0 Å². The van der Waals surface area contributed by atoms with Crippen LogP contribution >= 0.6 is 46.3 Å². The van der Waals surface area contributed by atoms with E-state index in [0.717, 1.165) is 11.5 Å². The van der Waals surface area contributed by atoms with Crippen molar-refractivity contribution in [3.05, 3.63) is 11.3 Å². The summed E-state index contributed by atoms with van der Waals surface area (Å²) in [6.07, 6.45) is 1.35. The number of alkyl halides is 3. The Kier molecular flexibility index (Phi) is 2.16. The molecule has 0 bridgehead atoms. The Morgan fingerprint density at radius 2 is 2.11 bits per heavy atom. The topological polar surface area (TPSA) is 25.8 Å². The smallest absolute Gasteiger partial charge is 0.223 e. The summed E-state index contributed by atoms with van der Waals surface area (Å²) in [6.45, 7) is 0. The van der Waals surface area contributed by atoms with E-state index in [-0.39, 0.29) is 0 Å². The van der Waals surface area contributed by atoms with Gasteiger partial charge in [-0.25, -0.2) is 4.98 Å². The van der Waals surface area contributed by atoms with Crippen LogP contribution in [0.5, 0.6) is 0 Å². The third-order valence-electron chi connectivity index (χ3n) is 0.604. The zero-order chi connectivity index (χ0) is 6.91. The molecule has 0 aromatic carbocycles. The minimum absolute atomic E-state index is 0.396. The van der Waals surface area contributed by atoms with Crippen molar-refractivity contribution in [1.82, 2.24) is 9.36 Å². The molecule has 0 atom stereocenters. The molecule has 0 spiro atoms. The van der Waals surface area contributed by atoms with E-state index in [1.54, 1.807) is 0 Å². The van der Waals surface area contributed by atoms with Gasteiger partial charge in [0.2, 0.25) is 3.79 Å². The normalized spacial score (nSPS) is 11.9. The number of hydrogen-bond donors (Lipinski definition) is 0. The summed E-state index contributed by atoms with van der Waals surface area (Å²) in [5.41, 5.74) is 0. The summed E-state index contributed by atoms with van der Waals surface area (Å²) in [4.78, 5) is 3.70. The monoisotopic (exact) mass is 202 g/mol. The van der Waals surface area contributed by atoms with Crippen molar-refractivity contribution in [2.24, 2.45) is 0 Å². The number of hydrogen-bond acceptors (Lipinski definition) is 3. The predicted molar refractivity (Wildman–Crippen MR) is 39.1 cm³/mol. The first kappa shape index (κ1) is 7.54. The van der Waals surface area contributed by atoms with Crippen LogP contribution in [0.3, 0.4) is 0 Å². The lowest BCUT2D eigenvalue weighted by molar-refractivity contribution is 1.15. The number of aromatic nitrogens is 2. The van der Waals surface area contributed by atoms with E-state index in [0.29, 0.717) is 5.01 Å². The number of halogens is 3. The van der Waals surface area contributed by atoms with E-state index in [1.807, 2.05) is 0 Å². The highest BCUT2D eigenvalue weighted by molar-refractivity contribution is 7.07. The molecule has 0 aliphatic carbocycles. The van der Waals surface area contributed by atoms with Crippen molar-refractivity contribution >= 4 is 46.3 Å². The number of rotatable bonds is 0. The van der Waals surface area contributed by atoms with Gasteiger partial charge in [-0.15, -0.1) is 0 Å². The first-order chi connectivity index (χ1) is 4.11. The lowest BCUT2D eigenvalue weighted by Gasteiger charge is -2.02. The average molecular weight is 203 g/mol. The van der Waals surface area contributed by atoms with Crippen LogP contribution in [0.4, 0.5) is 0 Å². The Morgan fingerprint density at radius 3 is 2.33 bits per heavy atom. The molecule has 1 rings (SSSR count). The average Bonchev–Trinajstić information content (AvgIpc) is 2.08. The van der Waals surface area contributed by atoms with Gasteiger partial charge in [0.05, 0.1) is 0 Å². The quantitative estimate of drug-likeness (QED) is 0.605. The molecule has 1 aromatic rings. The SMILES string of the molecule is ClC(Cl)(Cl)c1ncns1. The minimum atomic E-state index is -1.42. The van der Waals surface area contributed by atoms with E-state index >= 15 is 0 Å². The van der Waals surface area contributed by atoms with Gasteiger partial charge in [0.25, 0.3) is 0 Å². The highest BCUT2D eigenvalue weighted by Crippen LogP contribution is 2.38. The van der Waals surface area contributed by atoms with Crippen molar-refractivity contribution in [3.63, 3.8) is 0 Å². The van der Waals surface area contributed by atoms with Gasteiger partial charge in [-0.2, -0.15) is 4.37 Å². The molecule has 0 saturated heterocycles. The second-order valence-electron chi connectivity index (χ2n) is 1.24. The standard InChI is InChI=1S/C3HCl3N2S/c4-3(5,6)2-7-1-8-9-2/h1H. The second kappa shape index (κ2) is 2.58. The third kappa shape index (κ3) is 1.93. The van der Waals surface area contributed by atoms with Crippen molar-refractivity contribution in [2.45, 2.75) is 3.79 Å². The zero-order valence-electron chi connectivity index (χ0n) is 4.01. The summed E-state index contributed by atoms with van der Waals surface area (Å²) < 4.78 is 2.25. The molecule has 0 N–H and O–H groups in total. The maximum absolute atomic E-state index is 5.44. The fourth-order valence-electron chi connectivity index (χ4n) is 0.298. The van der Waals surface area contributed by atoms with Crippen molar-refractivity contribution in [1.29, 1.82) is 0 Å². The molecule has 9 heavy (non-hydrogen) atoms. The van der Waals surface area contributed by atoms with E-state index in [4.69, 9.17) is 34.8 Å². The summed E-state index contributed by atoms with van der Waals surface area (Å²) >= 11 is 17.4. The largest absolute Gasteiger partial charge is 0.243 e. The van der Waals surface area contributed by atoms with Crippen LogP contribution in [0.1, 0.15) is 5.01 Å². The second-order valence-corrected chi connectivity index (χ2v) is 4.31. The molecule has 1 aromatic heterocycles. The fourth-order valence-corrected chi connectivity index (χ4v) is 1.15. The Labute approximate surface area is 70.9 Å². The lowest BCUT2D eigenvalue weighted by atomic mass is 10.8. The van der Waals surface area contributed by atoms with Crippen molar-refractivity contribution in [3.8, 4) is 0 Å². The molecular formula is C3HCl3N2S. The highest BCUT2D eigenvalue weighted by Gasteiger charge is 2.26. The molecule has 0 unspecified atom stereocenters. The lowest BCUT2D eigenvalue weighted by Crippen LogP contribution is -1.97. The van der Waals surface area contributed by atoms with Crippen LogP contribution in [0.15, 0.2) is 6.33 Å². The van der Waals surface area contributed by atoms with Gasteiger partial charge in [-0.3, -0.25) is 0 Å². The Morgan fingerprint density at radius 1 is 1.44 bits per heavy atom. The van der Waals surface area contributed by atoms with Gasteiger partial charge in [-0.1, -0.05) is 34.8 Å². The maximum Gasteiger partial charge on any atom is 0.243 e. The predicted octanol–water partition coefficient (Wildman–Crippen LogP) is 2.36. The molecule has 0 aliphatic heterocycles. The van der Waals surface area contributed by atoms with Crippen LogP contribution in [0, 0.1) is 0 Å². The van der Waals surface area contributed by atoms with Gasteiger partial charge < -0.3 is 0 Å². The zero-order valence-corrected chi connectivity index (χ0v) is 7.10. The van der Waals surface area contributed by atoms with Crippen LogP contribution in [-0.2, 0) is 3.79 Å². The molecule has 6 heteroatoms. The fraction of sp³-hybridized carbons (Fsp3) is 0.333. The molecule has 0 aliphatic rings. The maximum atomic E-state index is 5.44. The molecule has 0 saturated carbocycles. The molecule has 0 radical (unpaired) electrons. The van der Waals surface area contributed by atoms with Crippen LogP contribution in [0.25, 0.3) is 0 Å². The minimum Gasteiger partial charge on any atom is -0.223 e. The highest BCUT2D eigenvalue weighted by atomic mass is 35.6. The molecule has 0 amide bonds. The van der Waals surface area contributed by atoms with Gasteiger partial charge in [0, 0.05) is 0 Å². The first-order valence-electron chi connectivity index (χ1n) is 1.94. The van der Waals surface area contributed by atoms with E-state index in [2.05, 4.69) is 9.36 Å². The summed E-state index contributed by atoms with van der Waals surface area (Å²) in [6, 6.07) is 0. The van der Waals surface area contributed by atoms with E-state index in [1.165, 1.54) is 6.33 Å². The molecule has 50 valence electrons. The van der Waals surface area contributed by atoms with Gasteiger partial charge >= 0.3 is 0 Å². The summed E-state index contributed by atoms with van der Waals surface area (Å²) in [7, 11) is 0. The molecule has 1 heterocycles. The molecular weight excluding hydrogens is 202 g/mol. The van der Waals surface area contributed by atoms with Crippen molar-refractivity contribution in [2.75, 3.05) is 0 Å².